The summed E-state index contributed by atoms with van der Waals surface area (Å²) in [6, 6.07) is 8.51. The Morgan fingerprint density at radius 1 is 1.16 bits per heavy atom. The maximum absolute atomic E-state index is 15.8. The van der Waals surface area contributed by atoms with Gasteiger partial charge in [0.1, 0.15) is 23.7 Å². The van der Waals surface area contributed by atoms with Crippen LogP contribution in [0.3, 0.4) is 0 Å². The van der Waals surface area contributed by atoms with Crippen LogP contribution in [0.2, 0.25) is 10.0 Å². The Morgan fingerprint density at radius 2 is 1.81 bits per heavy atom. The van der Waals surface area contributed by atoms with Gasteiger partial charge < -0.3 is 14.8 Å². The molecule has 0 saturated carbocycles. The molecular weight excluding hydrogens is 514 g/mol. The van der Waals surface area contributed by atoms with Gasteiger partial charge in [-0.1, -0.05) is 62.2 Å². The minimum Gasteiger partial charge on any atom is -0.459 e. The highest BCUT2D eigenvalue weighted by molar-refractivity contribution is 6.31. The molecule has 1 aliphatic heterocycles. The molecule has 202 valence electrons. The standard InChI is InChI=1S/C29H37Cl2FN2O3/c1-27(2,3)15-22-29(16-35,19-13-12-17(30)14-21(19)33-7)23(18-10-9-11-20(31)24(18)32)25(34(22)8)26(36)37-28(4,5)6/h9-14,16,22-23,25,33H,15H2,1-8H3/t22?,23-,25-,29+/m0/s1. The minimum absolute atomic E-state index is 0.0768. The molecule has 0 amide bonds. The SMILES string of the molecule is CNc1cc(Cl)ccc1[C@]1(C=O)C(CC(C)(C)C)N(C)[C@H](C(=O)OC(C)(C)C)[C@@H]1c1cccc(Cl)c1F. The summed E-state index contributed by atoms with van der Waals surface area (Å²) in [5.74, 6) is -2.11. The zero-order valence-electron chi connectivity index (χ0n) is 22.8. The Labute approximate surface area is 229 Å². The van der Waals surface area contributed by atoms with Crippen molar-refractivity contribution in [1.82, 2.24) is 4.90 Å². The smallest absolute Gasteiger partial charge is 0.324 e. The lowest BCUT2D eigenvalue weighted by molar-refractivity contribution is -0.160. The van der Waals surface area contributed by atoms with Crippen molar-refractivity contribution in [3.05, 3.63) is 63.4 Å². The fraction of sp³-hybridized carbons (Fsp3) is 0.517. The molecule has 5 nitrogen and oxygen atoms in total. The highest BCUT2D eigenvalue weighted by atomic mass is 35.5. The number of carbonyl (C=O) groups excluding carboxylic acids is 2. The van der Waals surface area contributed by atoms with E-state index < -0.39 is 40.8 Å². The molecule has 0 aromatic heterocycles. The summed E-state index contributed by atoms with van der Waals surface area (Å²) < 4.78 is 21.7. The number of esters is 1. The molecule has 1 fully saturated rings. The van der Waals surface area contributed by atoms with E-state index >= 15 is 4.39 Å². The van der Waals surface area contributed by atoms with Crippen LogP contribution in [0.5, 0.6) is 0 Å². The first-order valence-corrected chi connectivity index (χ1v) is 13.2. The molecular formula is C29H37Cl2FN2O3. The molecule has 1 N–H and O–H groups in total. The second kappa shape index (κ2) is 10.5. The monoisotopic (exact) mass is 550 g/mol. The Kier molecular flexibility index (Phi) is 8.38. The first kappa shape index (κ1) is 29.4. The molecule has 1 heterocycles. The summed E-state index contributed by atoms with van der Waals surface area (Å²) in [5.41, 5.74) is -0.888. The van der Waals surface area contributed by atoms with Crippen LogP contribution in [0.1, 0.15) is 65.0 Å². The lowest BCUT2D eigenvalue weighted by Crippen LogP contribution is -2.47. The number of benzene rings is 2. The summed E-state index contributed by atoms with van der Waals surface area (Å²) >= 11 is 12.6. The Bertz CT molecular complexity index is 1170. The van der Waals surface area contributed by atoms with Crippen LogP contribution in [-0.2, 0) is 19.7 Å². The van der Waals surface area contributed by atoms with Gasteiger partial charge in [0.05, 0.1) is 10.4 Å². The van der Waals surface area contributed by atoms with E-state index in [9.17, 15) is 9.59 Å². The third kappa shape index (κ3) is 5.67. The number of likely N-dealkylation sites (tertiary alicyclic amines) is 1. The second-order valence-corrected chi connectivity index (χ2v) is 12.9. The van der Waals surface area contributed by atoms with Crippen molar-refractivity contribution in [2.24, 2.45) is 5.41 Å². The van der Waals surface area contributed by atoms with Crippen LogP contribution in [-0.4, -0.2) is 48.9 Å². The van der Waals surface area contributed by atoms with Gasteiger partial charge in [0.25, 0.3) is 0 Å². The van der Waals surface area contributed by atoms with Gasteiger partial charge in [0.2, 0.25) is 0 Å². The number of hydrogen-bond acceptors (Lipinski definition) is 5. The van der Waals surface area contributed by atoms with Crippen molar-refractivity contribution in [2.45, 2.75) is 77.0 Å². The zero-order valence-corrected chi connectivity index (χ0v) is 24.3. The van der Waals surface area contributed by atoms with Crippen molar-refractivity contribution in [3.8, 4) is 0 Å². The Balaban J connectivity index is 2.46. The van der Waals surface area contributed by atoms with Gasteiger partial charge in [-0.2, -0.15) is 0 Å². The number of rotatable bonds is 6. The lowest BCUT2D eigenvalue weighted by atomic mass is 9.62. The molecule has 1 saturated heterocycles. The molecule has 3 rings (SSSR count). The fourth-order valence-corrected chi connectivity index (χ4v) is 6.00. The van der Waals surface area contributed by atoms with Gasteiger partial charge in [0, 0.05) is 29.7 Å². The molecule has 2 aromatic carbocycles. The number of carbonyl (C=O) groups is 2. The van der Waals surface area contributed by atoms with Gasteiger partial charge in [-0.05, 0) is 69.0 Å². The first-order valence-electron chi connectivity index (χ1n) is 12.4. The lowest BCUT2D eigenvalue weighted by Gasteiger charge is -2.40. The predicted molar refractivity (Wildman–Crippen MR) is 148 cm³/mol. The number of nitrogens with zero attached hydrogens (tertiary/aromatic N) is 1. The maximum atomic E-state index is 15.8. The maximum Gasteiger partial charge on any atom is 0.324 e. The van der Waals surface area contributed by atoms with E-state index in [1.54, 1.807) is 65.2 Å². The van der Waals surface area contributed by atoms with Gasteiger partial charge in [-0.3, -0.25) is 9.69 Å². The average Bonchev–Trinajstić information content (AvgIpc) is 3.01. The van der Waals surface area contributed by atoms with Crippen LogP contribution in [0.15, 0.2) is 36.4 Å². The summed E-state index contributed by atoms with van der Waals surface area (Å²) in [7, 11) is 3.55. The average molecular weight is 552 g/mol. The summed E-state index contributed by atoms with van der Waals surface area (Å²) in [4.78, 5) is 29.3. The molecule has 4 atom stereocenters. The molecule has 2 aromatic rings. The van der Waals surface area contributed by atoms with Crippen molar-refractivity contribution in [1.29, 1.82) is 0 Å². The topological polar surface area (TPSA) is 58.6 Å². The normalized spacial score (nSPS) is 24.7. The van der Waals surface area contributed by atoms with Crippen LogP contribution in [0, 0.1) is 11.2 Å². The van der Waals surface area contributed by atoms with Crippen LogP contribution in [0.4, 0.5) is 10.1 Å². The number of hydrogen-bond donors (Lipinski definition) is 1. The molecule has 37 heavy (non-hydrogen) atoms. The summed E-state index contributed by atoms with van der Waals surface area (Å²) in [5, 5.41) is 3.56. The number of nitrogens with one attached hydrogen (secondary N) is 1. The van der Waals surface area contributed by atoms with Gasteiger partial charge in [-0.25, -0.2) is 4.39 Å². The van der Waals surface area contributed by atoms with Crippen LogP contribution >= 0.6 is 23.2 Å². The number of anilines is 1. The van der Waals surface area contributed by atoms with E-state index in [2.05, 4.69) is 26.1 Å². The number of halogens is 3. The quantitative estimate of drug-likeness (QED) is 0.314. The first-order chi connectivity index (χ1) is 17.1. The number of aldehydes is 1. The van der Waals surface area contributed by atoms with Crippen molar-refractivity contribution in [2.75, 3.05) is 19.4 Å². The largest absolute Gasteiger partial charge is 0.459 e. The highest BCUT2D eigenvalue weighted by Gasteiger charge is 2.63. The minimum atomic E-state index is -1.34. The van der Waals surface area contributed by atoms with Crippen molar-refractivity contribution >= 4 is 41.1 Å². The van der Waals surface area contributed by atoms with E-state index in [0.29, 0.717) is 22.7 Å². The van der Waals surface area contributed by atoms with Crippen LogP contribution in [0.25, 0.3) is 0 Å². The summed E-state index contributed by atoms with van der Waals surface area (Å²) in [6.07, 6.45) is 1.42. The third-order valence-electron chi connectivity index (χ3n) is 7.00. The van der Waals surface area contributed by atoms with E-state index in [4.69, 9.17) is 27.9 Å². The van der Waals surface area contributed by atoms with E-state index in [-0.39, 0.29) is 16.0 Å². The van der Waals surface area contributed by atoms with E-state index in [1.165, 1.54) is 6.07 Å². The Hall–Kier alpha value is -2.15. The second-order valence-electron chi connectivity index (χ2n) is 12.0. The zero-order chi connectivity index (χ0) is 27.9. The molecule has 0 spiro atoms. The van der Waals surface area contributed by atoms with Crippen molar-refractivity contribution in [3.63, 3.8) is 0 Å². The van der Waals surface area contributed by atoms with Gasteiger partial charge in [-0.15, -0.1) is 0 Å². The number of likely N-dealkylation sites (N-methyl/N-ethyl adjacent to an activating group) is 1. The van der Waals surface area contributed by atoms with E-state index in [1.807, 2.05) is 4.90 Å². The summed E-state index contributed by atoms with van der Waals surface area (Å²) in [6.45, 7) is 11.6. The van der Waals surface area contributed by atoms with Gasteiger partial charge in [0.15, 0.2) is 0 Å². The highest BCUT2D eigenvalue weighted by Crippen LogP contribution is 2.56. The molecule has 1 aliphatic rings. The molecule has 0 aliphatic carbocycles. The fourth-order valence-electron chi connectivity index (χ4n) is 5.64. The predicted octanol–water partition coefficient (Wildman–Crippen LogP) is 6.86. The van der Waals surface area contributed by atoms with Crippen LogP contribution < -0.4 is 5.32 Å². The molecule has 8 heteroatoms. The van der Waals surface area contributed by atoms with Gasteiger partial charge >= 0.3 is 5.97 Å². The Morgan fingerprint density at radius 3 is 2.35 bits per heavy atom. The van der Waals surface area contributed by atoms with E-state index in [0.717, 1.165) is 6.29 Å². The molecule has 0 bridgehead atoms. The third-order valence-corrected chi connectivity index (χ3v) is 7.52. The van der Waals surface area contributed by atoms with Crippen molar-refractivity contribution < 1.29 is 18.7 Å². The molecule has 0 radical (unpaired) electrons. The molecule has 1 unspecified atom stereocenters. The number of ether oxygens (including phenoxy) is 1.